The molecular weight excluding hydrogens is 252 g/mol. The first-order valence-corrected chi connectivity index (χ1v) is 5.35. The maximum atomic E-state index is 9.87. The van der Waals surface area contributed by atoms with Crippen molar-refractivity contribution < 1.29 is 34.5 Å². The molecule has 0 atom stereocenters. The summed E-state index contributed by atoms with van der Waals surface area (Å²) in [4.78, 5) is 2.00. The fraction of sp³-hybridized carbons (Fsp3) is 0.800. The molecule has 10 heteroatoms. The van der Waals surface area contributed by atoms with Crippen LogP contribution in [0.15, 0.2) is 0 Å². The standard InChI is InChI=1S/C5H13N2.F6P.FH/c1-6(2)5-7(3)4;1-7(2,3,4,5)6;/h5H,1-4H3;;1H/q+1;-1;. The molecule has 2 nitrogen and oxygen atoms in total. The fourth-order valence-corrected chi connectivity index (χ4v) is 0.462. The van der Waals surface area contributed by atoms with E-state index in [2.05, 4.69) is 0 Å². The van der Waals surface area contributed by atoms with E-state index < -0.39 is 7.81 Å². The van der Waals surface area contributed by atoms with Gasteiger partial charge in [-0.2, -0.15) is 0 Å². The minimum atomic E-state index is -10.7. The van der Waals surface area contributed by atoms with Crippen molar-refractivity contribution in [1.82, 2.24) is 4.90 Å². The normalized spacial score (nSPS) is 14.5. The van der Waals surface area contributed by atoms with Crippen LogP contribution >= 0.6 is 7.81 Å². The Hall–Kier alpha value is -0.590. The van der Waals surface area contributed by atoms with E-state index in [1.54, 1.807) is 0 Å². The summed E-state index contributed by atoms with van der Waals surface area (Å²) in [6, 6.07) is 0. The molecule has 0 radical (unpaired) electrons. The topological polar surface area (TPSA) is 6.25 Å². The Morgan fingerprint density at radius 1 is 0.933 bits per heavy atom. The summed E-state index contributed by atoms with van der Waals surface area (Å²) in [7, 11) is -2.66. The van der Waals surface area contributed by atoms with E-state index >= 15 is 0 Å². The molecule has 0 spiro atoms. The zero-order valence-electron chi connectivity index (χ0n) is 8.60. The molecule has 0 fully saturated rings. The van der Waals surface area contributed by atoms with Crippen LogP contribution in [0.5, 0.6) is 0 Å². The van der Waals surface area contributed by atoms with Gasteiger partial charge >= 0.3 is 33.0 Å². The van der Waals surface area contributed by atoms with Crippen LogP contribution in [0.2, 0.25) is 0 Å². The van der Waals surface area contributed by atoms with E-state index in [0.29, 0.717) is 0 Å². The van der Waals surface area contributed by atoms with Gasteiger partial charge in [-0.3, -0.25) is 14.2 Å². The van der Waals surface area contributed by atoms with E-state index in [1.165, 1.54) is 0 Å². The Morgan fingerprint density at radius 3 is 1.13 bits per heavy atom. The SMILES string of the molecule is CN(C)C=[N+](C)C.F.F[P-](F)(F)(F)(F)F. The molecule has 0 aromatic heterocycles. The van der Waals surface area contributed by atoms with Gasteiger partial charge in [-0.25, -0.2) is 0 Å². The third-order valence-electron chi connectivity index (χ3n) is 0.462. The Kier molecular flexibility index (Phi) is 5.98. The second-order valence-electron chi connectivity index (χ2n) is 3.00. The number of hydrogen-bond acceptors (Lipinski definition) is 0. The fourth-order valence-electron chi connectivity index (χ4n) is 0.462. The van der Waals surface area contributed by atoms with Crippen molar-refractivity contribution in [2.75, 3.05) is 28.2 Å². The Labute approximate surface area is 82.8 Å². The molecule has 0 unspecified atom stereocenters. The molecule has 0 aliphatic heterocycles. The molecule has 0 N–H and O–H groups in total. The van der Waals surface area contributed by atoms with Crippen molar-refractivity contribution in [3.8, 4) is 0 Å². The molecule has 0 saturated carbocycles. The van der Waals surface area contributed by atoms with Gasteiger partial charge in [-0.05, 0) is 0 Å². The second-order valence-corrected chi connectivity index (χ2v) is 4.92. The molecule has 0 aromatic carbocycles. The zero-order valence-corrected chi connectivity index (χ0v) is 9.49. The van der Waals surface area contributed by atoms with Crippen molar-refractivity contribution in [3.05, 3.63) is 0 Å². The summed E-state index contributed by atoms with van der Waals surface area (Å²) in [6.07, 6.45) is 2.00. The van der Waals surface area contributed by atoms with Crippen LogP contribution in [0.25, 0.3) is 0 Å². The number of halogens is 7. The Morgan fingerprint density at radius 2 is 1.13 bits per heavy atom. The number of hydrogen-bond donors (Lipinski definition) is 0. The van der Waals surface area contributed by atoms with Crippen molar-refractivity contribution in [2.45, 2.75) is 0 Å². The summed E-state index contributed by atoms with van der Waals surface area (Å²) >= 11 is 0. The molecule has 0 rings (SSSR count). The van der Waals surface area contributed by atoms with Crippen LogP contribution in [0.3, 0.4) is 0 Å². The van der Waals surface area contributed by atoms with E-state index in [0.717, 1.165) is 0 Å². The van der Waals surface area contributed by atoms with Crippen LogP contribution in [0.1, 0.15) is 0 Å². The van der Waals surface area contributed by atoms with Gasteiger partial charge in [0.15, 0.2) is 0 Å². The number of rotatable bonds is 1. The minimum absolute atomic E-state index is 0. The Bertz CT molecular complexity index is 199. The maximum absolute atomic E-state index is 10.7. The van der Waals surface area contributed by atoms with Crippen LogP contribution in [0.4, 0.5) is 29.9 Å². The van der Waals surface area contributed by atoms with Crippen LogP contribution in [0, 0.1) is 0 Å². The molecule has 0 bridgehead atoms. The first kappa shape index (κ1) is 19.9. The van der Waals surface area contributed by atoms with E-state index in [9.17, 15) is 25.2 Å². The van der Waals surface area contributed by atoms with Crippen LogP contribution in [-0.2, 0) is 0 Å². The molecule has 15 heavy (non-hydrogen) atoms. The molecule has 0 aliphatic rings. The molecule has 0 amide bonds. The number of nitrogens with zero attached hydrogens (tertiary/aromatic N) is 2. The summed E-state index contributed by atoms with van der Waals surface area (Å²) in [5.74, 6) is 0. The summed E-state index contributed by atoms with van der Waals surface area (Å²) in [5, 5.41) is 0. The average molecular weight is 266 g/mol. The monoisotopic (exact) mass is 266 g/mol. The molecule has 0 heterocycles. The second kappa shape index (κ2) is 4.51. The molecule has 98 valence electrons. The van der Waals surface area contributed by atoms with Gasteiger partial charge in [0.1, 0.15) is 0 Å². The van der Waals surface area contributed by atoms with Gasteiger partial charge < -0.3 is 0 Å². The van der Waals surface area contributed by atoms with Crippen molar-refractivity contribution in [1.29, 1.82) is 0 Å². The van der Waals surface area contributed by atoms with E-state index in [4.69, 9.17) is 0 Å². The Balaban J connectivity index is -0.000000180. The third-order valence-corrected chi connectivity index (χ3v) is 0.462. The van der Waals surface area contributed by atoms with Gasteiger partial charge in [0.2, 0.25) is 6.34 Å². The van der Waals surface area contributed by atoms with Crippen LogP contribution < -0.4 is 0 Å². The van der Waals surface area contributed by atoms with E-state index in [1.807, 2.05) is 44.0 Å². The average Bonchev–Trinajstić information content (AvgIpc) is 1.46. The third kappa shape index (κ3) is 150. The van der Waals surface area contributed by atoms with Crippen LogP contribution in [-0.4, -0.2) is 44.0 Å². The molecule has 0 saturated heterocycles. The quantitative estimate of drug-likeness (QED) is 0.232. The van der Waals surface area contributed by atoms with Gasteiger partial charge in [0.25, 0.3) is 0 Å². The van der Waals surface area contributed by atoms with Crippen molar-refractivity contribution in [2.24, 2.45) is 0 Å². The predicted molar refractivity (Wildman–Crippen MR) is 47.9 cm³/mol. The van der Waals surface area contributed by atoms with Gasteiger partial charge in [0.05, 0.1) is 28.2 Å². The molecular formula is C5H14F7N2P. The summed E-state index contributed by atoms with van der Waals surface area (Å²) < 4.78 is 61.2. The predicted octanol–water partition coefficient (Wildman–Crippen LogP) is 3.38. The van der Waals surface area contributed by atoms with Gasteiger partial charge in [-0.1, -0.05) is 0 Å². The first-order chi connectivity index (χ1) is 5.58. The first-order valence-electron chi connectivity index (χ1n) is 3.32. The van der Waals surface area contributed by atoms with Gasteiger partial charge in [-0.15, -0.1) is 0 Å². The molecule has 0 aliphatic carbocycles. The molecule has 0 aromatic rings. The van der Waals surface area contributed by atoms with Crippen molar-refractivity contribution in [3.63, 3.8) is 0 Å². The zero-order chi connectivity index (χ0) is 12.3. The summed E-state index contributed by atoms with van der Waals surface area (Å²) in [5.41, 5.74) is 0. The van der Waals surface area contributed by atoms with E-state index in [-0.39, 0.29) is 4.70 Å². The summed E-state index contributed by atoms with van der Waals surface area (Å²) in [6.45, 7) is 0. The van der Waals surface area contributed by atoms with Gasteiger partial charge in [0, 0.05) is 0 Å². The van der Waals surface area contributed by atoms with Crippen molar-refractivity contribution >= 4 is 14.1 Å².